The highest BCUT2D eigenvalue weighted by atomic mass is 19.1. The van der Waals surface area contributed by atoms with Crippen LogP contribution in [0.1, 0.15) is 45.1 Å². The van der Waals surface area contributed by atoms with Gasteiger partial charge in [0, 0.05) is 6.04 Å². The summed E-state index contributed by atoms with van der Waals surface area (Å²) in [5.74, 6) is 0.476. The molecule has 0 aliphatic heterocycles. The summed E-state index contributed by atoms with van der Waals surface area (Å²) < 4.78 is 18.8. The highest BCUT2D eigenvalue weighted by Gasteiger charge is 2.48. The summed E-state index contributed by atoms with van der Waals surface area (Å²) >= 11 is 0. The van der Waals surface area contributed by atoms with Gasteiger partial charge in [-0.1, -0.05) is 26.8 Å². The van der Waals surface area contributed by atoms with E-state index in [9.17, 15) is 4.39 Å². The molecule has 0 amide bonds. The standard InChI is InChI=1S/C16H24FNO/c1-5-8-18-15-10-12(16(15,2)3)11-6-7-14(19-4)13(17)9-11/h6-7,9,12,15,18H,5,8,10H2,1-4H3. The summed E-state index contributed by atoms with van der Waals surface area (Å²) in [6, 6.07) is 5.88. The second-order valence-corrected chi connectivity index (χ2v) is 6.01. The first kappa shape index (κ1) is 14.3. The normalized spacial score (nSPS) is 24.9. The molecule has 1 aromatic carbocycles. The Morgan fingerprint density at radius 2 is 2.16 bits per heavy atom. The minimum absolute atomic E-state index is 0.177. The number of rotatable bonds is 5. The van der Waals surface area contributed by atoms with E-state index in [0.29, 0.717) is 17.7 Å². The molecule has 3 heteroatoms. The molecular weight excluding hydrogens is 241 g/mol. The number of hydrogen-bond donors (Lipinski definition) is 1. The van der Waals surface area contributed by atoms with Crippen LogP contribution >= 0.6 is 0 Å². The van der Waals surface area contributed by atoms with E-state index in [1.54, 1.807) is 12.1 Å². The molecule has 1 aromatic rings. The van der Waals surface area contributed by atoms with Gasteiger partial charge in [0.15, 0.2) is 11.6 Å². The van der Waals surface area contributed by atoms with E-state index >= 15 is 0 Å². The van der Waals surface area contributed by atoms with E-state index in [1.807, 2.05) is 6.07 Å². The molecule has 1 N–H and O–H groups in total. The van der Waals surface area contributed by atoms with Crippen molar-refractivity contribution in [3.63, 3.8) is 0 Å². The first-order chi connectivity index (χ1) is 9.00. The van der Waals surface area contributed by atoms with Crippen molar-refractivity contribution < 1.29 is 9.13 Å². The second-order valence-electron chi connectivity index (χ2n) is 6.01. The monoisotopic (exact) mass is 265 g/mol. The molecule has 0 spiro atoms. The van der Waals surface area contributed by atoms with E-state index < -0.39 is 0 Å². The van der Waals surface area contributed by atoms with Crippen molar-refractivity contribution in [3.8, 4) is 5.75 Å². The van der Waals surface area contributed by atoms with E-state index in [1.165, 1.54) is 7.11 Å². The van der Waals surface area contributed by atoms with Gasteiger partial charge in [-0.3, -0.25) is 0 Å². The molecule has 0 radical (unpaired) electrons. The maximum Gasteiger partial charge on any atom is 0.165 e. The van der Waals surface area contributed by atoms with Crippen LogP contribution in [0.2, 0.25) is 0 Å². The fourth-order valence-corrected chi connectivity index (χ4v) is 3.06. The number of nitrogens with one attached hydrogen (secondary N) is 1. The zero-order chi connectivity index (χ0) is 14.0. The fraction of sp³-hybridized carbons (Fsp3) is 0.625. The summed E-state index contributed by atoms with van der Waals surface area (Å²) in [5, 5.41) is 3.58. The molecule has 0 aromatic heterocycles. The van der Waals surface area contributed by atoms with E-state index in [4.69, 9.17) is 4.74 Å². The van der Waals surface area contributed by atoms with Gasteiger partial charge in [-0.2, -0.15) is 0 Å². The Bertz CT molecular complexity index is 444. The highest BCUT2D eigenvalue weighted by Crippen LogP contribution is 2.52. The molecule has 2 unspecified atom stereocenters. The number of methoxy groups -OCH3 is 1. The number of hydrogen-bond acceptors (Lipinski definition) is 2. The van der Waals surface area contributed by atoms with Crippen molar-refractivity contribution in [2.75, 3.05) is 13.7 Å². The largest absolute Gasteiger partial charge is 0.494 e. The average molecular weight is 265 g/mol. The number of halogens is 1. The van der Waals surface area contributed by atoms with Crippen molar-refractivity contribution in [1.82, 2.24) is 5.32 Å². The summed E-state index contributed by atoms with van der Waals surface area (Å²) in [7, 11) is 1.50. The molecule has 2 rings (SSSR count). The summed E-state index contributed by atoms with van der Waals surface area (Å²) in [5.41, 5.74) is 1.26. The van der Waals surface area contributed by atoms with Gasteiger partial charge in [0.05, 0.1) is 7.11 Å². The lowest BCUT2D eigenvalue weighted by Crippen LogP contribution is -2.55. The fourth-order valence-electron chi connectivity index (χ4n) is 3.06. The molecule has 1 fully saturated rings. The van der Waals surface area contributed by atoms with E-state index in [0.717, 1.165) is 24.9 Å². The zero-order valence-electron chi connectivity index (χ0n) is 12.3. The van der Waals surface area contributed by atoms with Crippen LogP contribution in [0.5, 0.6) is 5.75 Å². The third-order valence-corrected chi connectivity index (χ3v) is 4.49. The molecule has 1 saturated carbocycles. The Balaban J connectivity index is 2.10. The smallest absolute Gasteiger partial charge is 0.165 e. The Labute approximate surface area is 115 Å². The summed E-state index contributed by atoms with van der Waals surface area (Å²) in [6.45, 7) is 7.75. The van der Waals surface area contributed by atoms with Crippen LogP contribution in [0.3, 0.4) is 0 Å². The van der Waals surface area contributed by atoms with E-state index in [-0.39, 0.29) is 11.2 Å². The van der Waals surface area contributed by atoms with Gasteiger partial charge in [-0.15, -0.1) is 0 Å². The molecular formula is C16H24FNO. The van der Waals surface area contributed by atoms with Crippen LogP contribution in [-0.4, -0.2) is 19.7 Å². The molecule has 1 aliphatic carbocycles. The summed E-state index contributed by atoms with van der Waals surface area (Å²) in [6.07, 6.45) is 2.23. The van der Waals surface area contributed by atoms with Gasteiger partial charge in [0.1, 0.15) is 0 Å². The van der Waals surface area contributed by atoms with E-state index in [2.05, 4.69) is 26.1 Å². The Morgan fingerprint density at radius 1 is 1.42 bits per heavy atom. The van der Waals surface area contributed by atoms with Gasteiger partial charge >= 0.3 is 0 Å². The van der Waals surface area contributed by atoms with Crippen molar-refractivity contribution in [2.24, 2.45) is 5.41 Å². The third-order valence-electron chi connectivity index (χ3n) is 4.49. The number of benzene rings is 1. The van der Waals surface area contributed by atoms with Gasteiger partial charge in [0.2, 0.25) is 0 Å². The average Bonchev–Trinajstić information content (AvgIpc) is 2.38. The lowest BCUT2D eigenvalue weighted by atomic mass is 9.56. The van der Waals surface area contributed by atoms with Gasteiger partial charge in [-0.25, -0.2) is 4.39 Å². The van der Waals surface area contributed by atoms with Crippen molar-refractivity contribution in [2.45, 2.75) is 45.6 Å². The first-order valence-corrected chi connectivity index (χ1v) is 7.07. The third kappa shape index (κ3) is 2.62. The van der Waals surface area contributed by atoms with Gasteiger partial charge in [-0.05, 0) is 48.4 Å². The molecule has 0 bridgehead atoms. The summed E-state index contributed by atoms with van der Waals surface area (Å²) in [4.78, 5) is 0. The quantitative estimate of drug-likeness (QED) is 0.876. The van der Waals surface area contributed by atoms with Crippen LogP contribution in [0.25, 0.3) is 0 Å². The zero-order valence-corrected chi connectivity index (χ0v) is 12.3. The van der Waals surface area contributed by atoms with Crippen molar-refractivity contribution in [1.29, 1.82) is 0 Å². The van der Waals surface area contributed by atoms with Crippen LogP contribution in [0.15, 0.2) is 18.2 Å². The Hall–Kier alpha value is -1.09. The number of ether oxygens (including phenoxy) is 1. The van der Waals surface area contributed by atoms with Crippen LogP contribution in [0, 0.1) is 11.2 Å². The molecule has 0 heterocycles. The predicted molar refractivity (Wildman–Crippen MR) is 76.2 cm³/mol. The molecule has 1 aliphatic rings. The Morgan fingerprint density at radius 3 is 2.68 bits per heavy atom. The van der Waals surface area contributed by atoms with Crippen LogP contribution in [0.4, 0.5) is 4.39 Å². The highest BCUT2D eigenvalue weighted by molar-refractivity contribution is 5.34. The minimum Gasteiger partial charge on any atom is -0.494 e. The maximum atomic E-state index is 13.8. The lowest BCUT2D eigenvalue weighted by molar-refractivity contribution is 0.0692. The predicted octanol–water partition coefficient (Wildman–Crippen LogP) is 3.72. The van der Waals surface area contributed by atoms with Crippen molar-refractivity contribution >= 4 is 0 Å². The minimum atomic E-state index is -0.263. The Kier molecular flexibility index (Phi) is 4.14. The SMILES string of the molecule is CCCNC1CC(c2ccc(OC)c(F)c2)C1(C)C. The lowest BCUT2D eigenvalue weighted by Gasteiger charge is -2.53. The van der Waals surface area contributed by atoms with Crippen LogP contribution in [-0.2, 0) is 0 Å². The van der Waals surface area contributed by atoms with Crippen molar-refractivity contribution in [3.05, 3.63) is 29.6 Å². The molecule has 2 nitrogen and oxygen atoms in total. The topological polar surface area (TPSA) is 21.3 Å². The van der Waals surface area contributed by atoms with Gasteiger partial charge < -0.3 is 10.1 Å². The molecule has 0 saturated heterocycles. The molecule has 19 heavy (non-hydrogen) atoms. The van der Waals surface area contributed by atoms with Crippen LogP contribution < -0.4 is 10.1 Å². The second kappa shape index (κ2) is 5.49. The first-order valence-electron chi connectivity index (χ1n) is 7.07. The van der Waals surface area contributed by atoms with Gasteiger partial charge in [0.25, 0.3) is 0 Å². The maximum absolute atomic E-state index is 13.8. The molecule has 2 atom stereocenters. The molecule has 106 valence electrons.